The van der Waals surface area contributed by atoms with Crippen LogP contribution in [0.25, 0.3) is 0 Å². The van der Waals surface area contributed by atoms with Crippen LogP contribution in [0.2, 0.25) is 0 Å². The number of nitrogens with zero attached hydrogens (tertiary/aromatic N) is 2. The molecule has 2 N–H and O–H groups in total. The number of ether oxygens (including phenoxy) is 1. The van der Waals surface area contributed by atoms with Crippen LogP contribution in [0.3, 0.4) is 0 Å². The molecule has 1 aromatic carbocycles. The maximum atomic E-state index is 5.39. The molecule has 0 amide bonds. The largest absolute Gasteiger partial charge is 0.496 e. The predicted octanol–water partition coefficient (Wildman–Crippen LogP) is 2.59. The van der Waals surface area contributed by atoms with E-state index in [1.54, 1.807) is 7.11 Å². The standard InChI is InChI=1S/C20H34N4O/c1-16-9-10-17(15-19(16)25-4)11-12-22-20(21-2)23-13-14-24(3)18-7-5-6-8-18/h9-10,15,18H,5-8,11-14H2,1-4H3,(H2,21,22,23). The fourth-order valence-electron chi connectivity index (χ4n) is 3.44. The number of hydrogen-bond donors (Lipinski definition) is 2. The Hall–Kier alpha value is -1.75. The number of benzene rings is 1. The molecule has 25 heavy (non-hydrogen) atoms. The van der Waals surface area contributed by atoms with Gasteiger partial charge in [-0.2, -0.15) is 0 Å². The highest BCUT2D eigenvalue weighted by atomic mass is 16.5. The molecule has 1 saturated carbocycles. The predicted molar refractivity (Wildman–Crippen MR) is 106 cm³/mol. The monoisotopic (exact) mass is 346 g/mol. The fraction of sp³-hybridized carbons (Fsp3) is 0.650. The molecule has 5 nitrogen and oxygen atoms in total. The van der Waals surface area contributed by atoms with Crippen LogP contribution >= 0.6 is 0 Å². The molecule has 0 spiro atoms. The third-order valence-electron chi connectivity index (χ3n) is 5.11. The van der Waals surface area contributed by atoms with Crippen molar-refractivity contribution < 1.29 is 4.74 Å². The van der Waals surface area contributed by atoms with Crippen molar-refractivity contribution in [1.29, 1.82) is 0 Å². The number of likely N-dealkylation sites (N-methyl/N-ethyl adjacent to an activating group) is 1. The number of hydrogen-bond acceptors (Lipinski definition) is 3. The van der Waals surface area contributed by atoms with Crippen LogP contribution in [0.15, 0.2) is 23.2 Å². The number of nitrogens with one attached hydrogen (secondary N) is 2. The second kappa shape index (κ2) is 10.3. The van der Waals surface area contributed by atoms with E-state index in [1.807, 2.05) is 7.05 Å². The quantitative estimate of drug-likeness (QED) is 0.561. The summed E-state index contributed by atoms with van der Waals surface area (Å²) in [5, 5.41) is 6.81. The molecule has 0 atom stereocenters. The van der Waals surface area contributed by atoms with Crippen molar-refractivity contribution in [2.45, 2.75) is 45.1 Å². The lowest BCUT2D eigenvalue weighted by Crippen LogP contribution is -2.43. The smallest absolute Gasteiger partial charge is 0.191 e. The Morgan fingerprint density at radius 1 is 1.24 bits per heavy atom. The van der Waals surface area contributed by atoms with E-state index in [0.717, 1.165) is 43.8 Å². The van der Waals surface area contributed by atoms with E-state index in [-0.39, 0.29) is 0 Å². The molecule has 0 radical (unpaired) electrons. The zero-order valence-corrected chi connectivity index (χ0v) is 16.3. The SMILES string of the molecule is CN=C(NCCc1ccc(C)c(OC)c1)NCCN(C)C1CCCC1. The van der Waals surface area contributed by atoms with Crippen molar-refractivity contribution >= 4 is 5.96 Å². The minimum Gasteiger partial charge on any atom is -0.496 e. The van der Waals surface area contributed by atoms with Crippen LogP contribution in [0.1, 0.15) is 36.8 Å². The van der Waals surface area contributed by atoms with Crippen molar-refractivity contribution in [2.24, 2.45) is 4.99 Å². The molecule has 1 aromatic rings. The number of aliphatic imine (C=N–C) groups is 1. The summed E-state index contributed by atoms with van der Waals surface area (Å²) in [5.74, 6) is 1.83. The van der Waals surface area contributed by atoms with Gasteiger partial charge in [-0.3, -0.25) is 4.99 Å². The highest BCUT2D eigenvalue weighted by Gasteiger charge is 2.18. The van der Waals surface area contributed by atoms with Gasteiger partial charge in [0.05, 0.1) is 7.11 Å². The highest BCUT2D eigenvalue weighted by molar-refractivity contribution is 5.79. The molecular formula is C20H34N4O. The van der Waals surface area contributed by atoms with Crippen molar-refractivity contribution in [3.8, 4) is 5.75 Å². The van der Waals surface area contributed by atoms with Crippen molar-refractivity contribution in [1.82, 2.24) is 15.5 Å². The van der Waals surface area contributed by atoms with Gasteiger partial charge in [0, 0.05) is 32.7 Å². The fourth-order valence-corrected chi connectivity index (χ4v) is 3.44. The zero-order chi connectivity index (χ0) is 18.1. The van der Waals surface area contributed by atoms with E-state index in [1.165, 1.54) is 36.8 Å². The van der Waals surface area contributed by atoms with Gasteiger partial charge in [-0.15, -0.1) is 0 Å². The van der Waals surface area contributed by atoms with Crippen molar-refractivity contribution in [2.75, 3.05) is 40.8 Å². The first kappa shape index (κ1) is 19.6. The van der Waals surface area contributed by atoms with Gasteiger partial charge in [-0.25, -0.2) is 0 Å². The lowest BCUT2D eigenvalue weighted by Gasteiger charge is -2.24. The first-order valence-corrected chi connectivity index (χ1v) is 9.42. The Labute approximate surface area is 152 Å². The van der Waals surface area contributed by atoms with Gasteiger partial charge in [0.1, 0.15) is 5.75 Å². The Kier molecular flexibility index (Phi) is 8.06. The van der Waals surface area contributed by atoms with Crippen LogP contribution < -0.4 is 15.4 Å². The molecule has 1 aliphatic carbocycles. The summed E-state index contributed by atoms with van der Waals surface area (Å²) in [7, 11) is 5.78. The van der Waals surface area contributed by atoms with Gasteiger partial charge in [-0.05, 0) is 50.4 Å². The topological polar surface area (TPSA) is 48.9 Å². The van der Waals surface area contributed by atoms with E-state index in [2.05, 4.69) is 52.7 Å². The first-order chi connectivity index (χ1) is 12.1. The maximum Gasteiger partial charge on any atom is 0.191 e. The first-order valence-electron chi connectivity index (χ1n) is 9.42. The van der Waals surface area contributed by atoms with Gasteiger partial charge >= 0.3 is 0 Å². The third kappa shape index (κ3) is 6.24. The lowest BCUT2D eigenvalue weighted by molar-refractivity contribution is 0.249. The average molecular weight is 347 g/mol. The van der Waals surface area contributed by atoms with E-state index < -0.39 is 0 Å². The Morgan fingerprint density at radius 2 is 1.96 bits per heavy atom. The third-order valence-corrected chi connectivity index (χ3v) is 5.11. The van der Waals surface area contributed by atoms with Crippen molar-refractivity contribution in [3.63, 3.8) is 0 Å². The van der Waals surface area contributed by atoms with Crippen LogP contribution in [0.4, 0.5) is 0 Å². The molecule has 1 aliphatic rings. The van der Waals surface area contributed by atoms with Gasteiger partial charge in [0.2, 0.25) is 0 Å². The molecule has 0 heterocycles. The molecule has 0 aliphatic heterocycles. The van der Waals surface area contributed by atoms with E-state index in [4.69, 9.17) is 4.74 Å². The molecular weight excluding hydrogens is 312 g/mol. The van der Waals surface area contributed by atoms with E-state index in [9.17, 15) is 0 Å². The summed E-state index contributed by atoms with van der Waals surface area (Å²) in [6.45, 7) is 4.89. The normalized spacial score (nSPS) is 15.6. The molecule has 0 saturated heterocycles. The maximum absolute atomic E-state index is 5.39. The van der Waals surface area contributed by atoms with Crippen LogP contribution in [0, 0.1) is 6.92 Å². The van der Waals surface area contributed by atoms with Gasteiger partial charge < -0.3 is 20.3 Å². The van der Waals surface area contributed by atoms with Gasteiger partial charge in [-0.1, -0.05) is 25.0 Å². The van der Waals surface area contributed by atoms with Crippen LogP contribution in [0.5, 0.6) is 5.75 Å². The molecule has 1 fully saturated rings. The van der Waals surface area contributed by atoms with Crippen LogP contribution in [-0.4, -0.2) is 57.7 Å². The summed E-state index contributed by atoms with van der Waals surface area (Å²) in [4.78, 5) is 6.79. The number of rotatable bonds is 8. The summed E-state index contributed by atoms with van der Waals surface area (Å²) in [5.41, 5.74) is 2.44. The van der Waals surface area contributed by atoms with Crippen molar-refractivity contribution in [3.05, 3.63) is 29.3 Å². The molecule has 0 bridgehead atoms. The minimum absolute atomic E-state index is 0.772. The highest BCUT2D eigenvalue weighted by Crippen LogP contribution is 2.21. The molecule has 0 aromatic heterocycles. The molecule has 2 rings (SSSR count). The molecule has 5 heteroatoms. The Balaban J connectivity index is 1.68. The summed E-state index contributed by atoms with van der Waals surface area (Å²) < 4.78 is 5.39. The number of methoxy groups -OCH3 is 1. The summed E-state index contributed by atoms with van der Waals surface area (Å²) in [6, 6.07) is 7.16. The second-order valence-corrected chi connectivity index (χ2v) is 6.90. The number of guanidine groups is 1. The zero-order valence-electron chi connectivity index (χ0n) is 16.3. The van der Waals surface area contributed by atoms with E-state index in [0.29, 0.717) is 0 Å². The van der Waals surface area contributed by atoms with Gasteiger partial charge in [0.15, 0.2) is 5.96 Å². The second-order valence-electron chi connectivity index (χ2n) is 6.90. The summed E-state index contributed by atoms with van der Waals surface area (Å²) >= 11 is 0. The van der Waals surface area contributed by atoms with Gasteiger partial charge in [0.25, 0.3) is 0 Å². The molecule has 0 unspecified atom stereocenters. The number of aryl methyl sites for hydroxylation is 1. The average Bonchev–Trinajstić information content (AvgIpc) is 3.16. The van der Waals surface area contributed by atoms with E-state index >= 15 is 0 Å². The summed E-state index contributed by atoms with van der Waals surface area (Å²) in [6.07, 6.45) is 6.41. The van der Waals surface area contributed by atoms with Crippen LogP contribution in [-0.2, 0) is 6.42 Å². The minimum atomic E-state index is 0.772. The Bertz CT molecular complexity index is 553. The Morgan fingerprint density at radius 3 is 2.64 bits per heavy atom. The molecule has 140 valence electrons. The lowest BCUT2D eigenvalue weighted by atomic mass is 10.1.